The number of ether oxygens (including phenoxy) is 2. The fourth-order valence-corrected chi connectivity index (χ4v) is 4.64. The van der Waals surface area contributed by atoms with Crippen molar-refractivity contribution in [3.05, 3.63) is 35.9 Å². The molecule has 0 aliphatic carbocycles. The van der Waals surface area contributed by atoms with Gasteiger partial charge in [0.2, 0.25) is 5.91 Å². The largest absolute Gasteiger partial charge is 0.460 e. The minimum Gasteiger partial charge on any atom is -0.460 e. The van der Waals surface area contributed by atoms with Crippen LogP contribution < -0.4 is 0 Å². The van der Waals surface area contributed by atoms with Crippen LogP contribution in [0.3, 0.4) is 0 Å². The van der Waals surface area contributed by atoms with Crippen molar-refractivity contribution in [3.8, 4) is 0 Å². The number of nitrogens with zero attached hydrogens (tertiary/aromatic N) is 1. The van der Waals surface area contributed by atoms with Crippen LogP contribution in [0.4, 0.5) is 0 Å². The van der Waals surface area contributed by atoms with E-state index < -0.39 is 0 Å². The lowest BCUT2D eigenvalue weighted by Gasteiger charge is -2.43. The van der Waals surface area contributed by atoms with Crippen LogP contribution in [0.15, 0.2) is 30.3 Å². The lowest BCUT2D eigenvalue weighted by Crippen LogP contribution is -2.62. The Morgan fingerprint density at radius 1 is 1.29 bits per heavy atom. The third-order valence-corrected chi connectivity index (χ3v) is 7.17. The van der Waals surface area contributed by atoms with Crippen LogP contribution in [-0.2, 0) is 25.7 Å². The quantitative estimate of drug-likeness (QED) is 0.512. The van der Waals surface area contributed by atoms with Crippen LogP contribution >= 0.6 is 31.9 Å². The zero-order valence-corrected chi connectivity index (χ0v) is 16.4. The van der Waals surface area contributed by atoms with Gasteiger partial charge in [-0.1, -0.05) is 62.2 Å². The molecule has 1 aromatic rings. The summed E-state index contributed by atoms with van der Waals surface area (Å²) in [5, 5.41) is 0. The summed E-state index contributed by atoms with van der Waals surface area (Å²) >= 11 is 7.07. The number of hydrogen-bond donors (Lipinski definition) is 0. The number of carbonyl (C=O) groups is 2. The van der Waals surface area contributed by atoms with E-state index in [0.29, 0.717) is 19.6 Å². The van der Waals surface area contributed by atoms with Crippen LogP contribution in [-0.4, -0.2) is 51.2 Å². The monoisotopic (exact) mass is 459 g/mol. The lowest BCUT2D eigenvalue weighted by molar-refractivity contribution is -0.157. The number of piperidine rings is 1. The van der Waals surface area contributed by atoms with E-state index >= 15 is 0 Å². The van der Waals surface area contributed by atoms with Gasteiger partial charge in [-0.05, 0) is 5.56 Å². The first-order valence-electron chi connectivity index (χ1n) is 7.90. The van der Waals surface area contributed by atoms with Crippen LogP contribution in [0.1, 0.15) is 18.9 Å². The third kappa shape index (κ3) is 3.53. The van der Waals surface area contributed by atoms with Gasteiger partial charge in [-0.15, -0.1) is 0 Å². The molecule has 0 saturated carbocycles. The van der Waals surface area contributed by atoms with Crippen molar-refractivity contribution in [2.75, 3.05) is 6.54 Å². The van der Waals surface area contributed by atoms with Gasteiger partial charge in [-0.25, -0.2) is 0 Å². The molecular formula is C17H19Br2NO4. The zero-order chi connectivity index (χ0) is 17.3. The average Bonchev–Trinajstić information content (AvgIpc) is 2.97. The number of halogens is 2. The van der Waals surface area contributed by atoms with E-state index in [1.807, 2.05) is 30.3 Å². The van der Waals surface area contributed by atoms with E-state index in [-0.39, 0.29) is 39.8 Å². The molecule has 0 bridgehead atoms. The molecule has 2 heterocycles. The summed E-state index contributed by atoms with van der Waals surface area (Å²) in [6, 6.07) is 9.62. The first-order chi connectivity index (χ1) is 11.5. The Morgan fingerprint density at radius 3 is 2.67 bits per heavy atom. The molecule has 2 saturated heterocycles. The number of alkyl halides is 2. The van der Waals surface area contributed by atoms with Crippen molar-refractivity contribution < 1.29 is 19.1 Å². The number of amides is 1. The topological polar surface area (TPSA) is 55.8 Å². The molecule has 2 aliphatic heterocycles. The highest BCUT2D eigenvalue weighted by molar-refractivity contribution is 9.12. The van der Waals surface area contributed by atoms with Gasteiger partial charge in [-0.3, -0.25) is 9.59 Å². The number of carbonyl (C=O) groups excluding carboxylic acids is 2. The summed E-state index contributed by atoms with van der Waals surface area (Å²) < 4.78 is 11.6. The van der Waals surface area contributed by atoms with Gasteiger partial charge in [0.1, 0.15) is 10.9 Å². The Labute approximate surface area is 157 Å². The summed E-state index contributed by atoms with van der Waals surface area (Å²) in [6.07, 6.45) is 0.0482. The molecule has 0 aromatic heterocycles. The van der Waals surface area contributed by atoms with E-state index in [9.17, 15) is 9.59 Å². The van der Waals surface area contributed by atoms with Gasteiger partial charge in [0.25, 0.3) is 0 Å². The molecule has 3 rings (SSSR count). The standard InChI is InChI=1S/C17H19Br2NO4/c1-10(21)24-12-7-8-20-15(12)16(13(18)14(19)17(20)22)23-9-11-5-3-2-4-6-11/h2-6,12-16H,7-9H2,1H3/t12-,13-,14-,15+,16-/m0/s1. The van der Waals surface area contributed by atoms with Gasteiger partial charge >= 0.3 is 5.97 Å². The maximum Gasteiger partial charge on any atom is 0.302 e. The Hall–Kier alpha value is -0.920. The van der Waals surface area contributed by atoms with E-state index in [1.54, 1.807) is 4.90 Å². The summed E-state index contributed by atoms with van der Waals surface area (Å²) in [5.74, 6) is -0.320. The summed E-state index contributed by atoms with van der Waals surface area (Å²) in [7, 11) is 0. The smallest absolute Gasteiger partial charge is 0.302 e. The van der Waals surface area contributed by atoms with Crippen molar-refractivity contribution >= 4 is 43.7 Å². The molecule has 0 spiro atoms. The molecule has 2 aliphatic rings. The number of benzene rings is 1. The molecule has 0 N–H and O–H groups in total. The fraction of sp³-hybridized carbons (Fsp3) is 0.529. The van der Waals surface area contributed by atoms with Crippen LogP contribution in [0, 0.1) is 0 Å². The van der Waals surface area contributed by atoms with Crippen molar-refractivity contribution in [2.45, 2.75) is 47.9 Å². The molecule has 7 heteroatoms. The number of rotatable bonds is 4. The van der Waals surface area contributed by atoms with E-state index in [0.717, 1.165) is 5.56 Å². The molecule has 5 atom stereocenters. The van der Waals surface area contributed by atoms with Gasteiger partial charge in [0.15, 0.2) is 0 Å². The first kappa shape index (κ1) is 17.9. The summed E-state index contributed by atoms with van der Waals surface area (Å²) in [4.78, 5) is 25.2. The minimum absolute atomic E-state index is 0.0103. The van der Waals surface area contributed by atoms with Crippen molar-refractivity contribution in [2.24, 2.45) is 0 Å². The molecule has 130 valence electrons. The second-order valence-corrected chi connectivity index (χ2v) is 8.11. The molecule has 24 heavy (non-hydrogen) atoms. The van der Waals surface area contributed by atoms with Gasteiger partial charge in [0, 0.05) is 19.9 Å². The van der Waals surface area contributed by atoms with Crippen molar-refractivity contribution in [3.63, 3.8) is 0 Å². The Kier molecular flexibility index (Phi) is 5.62. The van der Waals surface area contributed by atoms with Gasteiger partial charge < -0.3 is 14.4 Å². The van der Waals surface area contributed by atoms with Crippen LogP contribution in [0.5, 0.6) is 0 Å². The van der Waals surface area contributed by atoms with Gasteiger partial charge in [-0.2, -0.15) is 0 Å². The van der Waals surface area contributed by atoms with Crippen LogP contribution in [0.25, 0.3) is 0 Å². The molecular weight excluding hydrogens is 442 g/mol. The number of fused-ring (bicyclic) bond motifs is 1. The second-order valence-electron chi connectivity index (χ2n) is 6.07. The number of hydrogen-bond acceptors (Lipinski definition) is 4. The molecule has 0 radical (unpaired) electrons. The first-order valence-corrected chi connectivity index (χ1v) is 9.73. The normalized spacial score (nSPS) is 32.5. The van der Waals surface area contributed by atoms with E-state index in [1.165, 1.54) is 6.92 Å². The number of esters is 1. The summed E-state index contributed by atoms with van der Waals surface area (Å²) in [5.41, 5.74) is 1.06. The van der Waals surface area contributed by atoms with E-state index in [2.05, 4.69) is 31.9 Å². The summed E-state index contributed by atoms with van der Waals surface area (Å²) in [6.45, 7) is 2.42. The predicted molar refractivity (Wildman–Crippen MR) is 96.1 cm³/mol. The maximum absolute atomic E-state index is 12.5. The maximum atomic E-state index is 12.5. The van der Waals surface area contributed by atoms with Crippen LogP contribution in [0.2, 0.25) is 0 Å². The van der Waals surface area contributed by atoms with Crippen molar-refractivity contribution in [1.82, 2.24) is 4.90 Å². The highest BCUT2D eigenvalue weighted by Crippen LogP contribution is 2.38. The molecule has 1 amide bonds. The Balaban J connectivity index is 1.80. The third-order valence-electron chi connectivity index (χ3n) is 4.45. The highest BCUT2D eigenvalue weighted by atomic mass is 79.9. The minimum atomic E-state index is -0.356. The second kappa shape index (κ2) is 7.54. The molecule has 0 unspecified atom stereocenters. The SMILES string of the molecule is CC(=O)O[C@H]1CCN2C(=O)[C@@H](Br)[C@H](Br)[C@H](OCc3ccccc3)[C@@H]12. The highest BCUT2D eigenvalue weighted by Gasteiger charge is 2.54. The van der Waals surface area contributed by atoms with Gasteiger partial charge in [0.05, 0.1) is 23.6 Å². The molecule has 5 nitrogen and oxygen atoms in total. The average molecular weight is 461 g/mol. The van der Waals surface area contributed by atoms with E-state index in [4.69, 9.17) is 9.47 Å². The Bertz CT molecular complexity index is 612. The zero-order valence-electron chi connectivity index (χ0n) is 13.2. The predicted octanol–water partition coefficient (Wildman–Crippen LogP) is 2.65. The van der Waals surface area contributed by atoms with Crippen molar-refractivity contribution in [1.29, 1.82) is 0 Å². The molecule has 1 aromatic carbocycles. The lowest BCUT2D eigenvalue weighted by atomic mass is 9.96. The fourth-order valence-electron chi connectivity index (χ4n) is 3.38. The Morgan fingerprint density at radius 2 is 2.00 bits per heavy atom. The molecule has 2 fully saturated rings.